The van der Waals surface area contributed by atoms with Crippen LogP contribution in [0, 0.1) is 0 Å². The van der Waals surface area contributed by atoms with E-state index in [0.717, 1.165) is 5.57 Å². The number of carbonyl (C=O) groups excluding carboxylic acids is 2. The van der Waals surface area contributed by atoms with Gasteiger partial charge in [0.15, 0.2) is 0 Å². The van der Waals surface area contributed by atoms with Crippen molar-refractivity contribution in [3.63, 3.8) is 0 Å². The van der Waals surface area contributed by atoms with Crippen LogP contribution in [0.5, 0.6) is 0 Å². The molecule has 0 aromatic heterocycles. The Labute approximate surface area is 72.0 Å². The van der Waals surface area contributed by atoms with Crippen molar-refractivity contribution >= 4 is 11.8 Å². The minimum absolute atomic E-state index is 0.0982. The topological polar surface area (TPSA) is 58.2 Å². The van der Waals surface area contributed by atoms with Crippen molar-refractivity contribution in [2.75, 3.05) is 13.1 Å². The standard InChI is InChI=1S/C8H14N2O2/c1-6(4-9-7(2)11)5-10-8(3)12/h1,4-5H2,2-3H3,(H,9,11)(H,10,12). The van der Waals surface area contributed by atoms with E-state index in [2.05, 4.69) is 17.2 Å². The normalized spacial score (nSPS) is 8.83. The van der Waals surface area contributed by atoms with Crippen LogP contribution in [-0.2, 0) is 9.59 Å². The first-order valence-electron chi connectivity index (χ1n) is 3.68. The molecule has 0 unspecified atom stereocenters. The molecule has 0 aliphatic carbocycles. The molecular weight excluding hydrogens is 156 g/mol. The molecule has 2 N–H and O–H groups in total. The lowest BCUT2D eigenvalue weighted by Gasteiger charge is -2.05. The largest absolute Gasteiger partial charge is 0.353 e. The Kier molecular flexibility index (Phi) is 4.76. The second-order valence-corrected chi connectivity index (χ2v) is 2.57. The molecule has 0 saturated heterocycles. The Balaban J connectivity index is 3.47. The van der Waals surface area contributed by atoms with Crippen LogP contribution in [0.25, 0.3) is 0 Å². The van der Waals surface area contributed by atoms with Crippen molar-refractivity contribution in [3.05, 3.63) is 12.2 Å². The minimum Gasteiger partial charge on any atom is -0.353 e. The molecule has 0 saturated carbocycles. The minimum atomic E-state index is -0.0982. The highest BCUT2D eigenvalue weighted by molar-refractivity contribution is 5.74. The molecule has 12 heavy (non-hydrogen) atoms. The van der Waals surface area contributed by atoms with E-state index in [4.69, 9.17) is 0 Å². The molecule has 4 heteroatoms. The van der Waals surface area contributed by atoms with Crippen molar-refractivity contribution in [1.82, 2.24) is 10.6 Å². The van der Waals surface area contributed by atoms with Crippen LogP contribution in [0.1, 0.15) is 13.8 Å². The average Bonchev–Trinajstić information content (AvgIpc) is 1.96. The van der Waals surface area contributed by atoms with Gasteiger partial charge >= 0.3 is 0 Å². The molecule has 0 heterocycles. The van der Waals surface area contributed by atoms with Gasteiger partial charge in [0.05, 0.1) is 0 Å². The van der Waals surface area contributed by atoms with Crippen LogP contribution in [0.4, 0.5) is 0 Å². The Bertz CT molecular complexity index is 179. The fourth-order valence-electron chi connectivity index (χ4n) is 0.561. The Hall–Kier alpha value is -1.32. The van der Waals surface area contributed by atoms with Gasteiger partial charge in [0.1, 0.15) is 0 Å². The lowest BCUT2D eigenvalue weighted by Crippen LogP contribution is -2.28. The Morgan fingerprint density at radius 1 is 1.08 bits per heavy atom. The third kappa shape index (κ3) is 6.80. The van der Waals surface area contributed by atoms with E-state index >= 15 is 0 Å². The SMILES string of the molecule is C=C(CNC(C)=O)CNC(C)=O. The quantitative estimate of drug-likeness (QED) is 0.575. The number of carbonyl (C=O) groups is 2. The maximum Gasteiger partial charge on any atom is 0.217 e. The zero-order chi connectivity index (χ0) is 9.56. The summed E-state index contributed by atoms with van der Waals surface area (Å²) in [7, 11) is 0. The molecular formula is C8H14N2O2. The van der Waals surface area contributed by atoms with Gasteiger partial charge in [0.2, 0.25) is 11.8 Å². The van der Waals surface area contributed by atoms with Crippen molar-refractivity contribution in [2.45, 2.75) is 13.8 Å². The van der Waals surface area contributed by atoms with Gasteiger partial charge < -0.3 is 10.6 Å². The maximum atomic E-state index is 10.4. The first kappa shape index (κ1) is 10.7. The summed E-state index contributed by atoms with van der Waals surface area (Å²) >= 11 is 0. The van der Waals surface area contributed by atoms with E-state index in [9.17, 15) is 9.59 Å². The lowest BCUT2D eigenvalue weighted by molar-refractivity contribution is -0.119. The van der Waals surface area contributed by atoms with Crippen molar-refractivity contribution in [3.8, 4) is 0 Å². The van der Waals surface area contributed by atoms with E-state index in [1.165, 1.54) is 13.8 Å². The molecule has 0 fully saturated rings. The van der Waals surface area contributed by atoms with Crippen LogP contribution >= 0.6 is 0 Å². The van der Waals surface area contributed by atoms with Crippen LogP contribution in [0.3, 0.4) is 0 Å². The molecule has 0 aliphatic heterocycles. The molecule has 68 valence electrons. The van der Waals surface area contributed by atoms with Gasteiger partial charge in [0.25, 0.3) is 0 Å². The van der Waals surface area contributed by atoms with Gasteiger partial charge in [0, 0.05) is 26.9 Å². The zero-order valence-corrected chi connectivity index (χ0v) is 7.44. The fourth-order valence-corrected chi connectivity index (χ4v) is 0.561. The summed E-state index contributed by atoms with van der Waals surface area (Å²) in [5.41, 5.74) is 0.778. The summed E-state index contributed by atoms with van der Waals surface area (Å²) in [6.07, 6.45) is 0. The van der Waals surface area contributed by atoms with Gasteiger partial charge in [-0.15, -0.1) is 0 Å². The smallest absolute Gasteiger partial charge is 0.217 e. The van der Waals surface area contributed by atoms with Crippen LogP contribution < -0.4 is 10.6 Å². The molecule has 2 amide bonds. The monoisotopic (exact) mass is 170 g/mol. The molecule has 0 aromatic rings. The van der Waals surface area contributed by atoms with E-state index in [-0.39, 0.29) is 11.8 Å². The van der Waals surface area contributed by atoms with Gasteiger partial charge in [-0.3, -0.25) is 9.59 Å². The molecule has 0 spiro atoms. The van der Waals surface area contributed by atoms with Crippen LogP contribution in [0.15, 0.2) is 12.2 Å². The van der Waals surface area contributed by atoms with Gasteiger partial charge in [-0.25, -0.2) is 0 Å². The number of rotatable bonds is 4. The molecule has 0 atom stereocenters. The number of amides is 2. The third-order valence-corrected chi connectivity index (χ3v) is 1.17. The lowest BCUT2D eigenvalue weighted by atomic mass is 10.3. The Morgan fingerprint density at radius 2 is 1.42 bits per heavy atom. The van der Waals surface area contributed by atoms with Crippen molar-refractivity contribution in [1.29, 1.82) is 0 Å². The van der Waals surface area contributed by atoms with Crippen LogP contribution in [-0.4, -0.2) is 24.9 Å². The molecule has 0 bridgehead atoms. The summed E-state index contributed by atoms with van der Waals surface area (Å²) in [5, 5.41) is 5.16. The molecule has 0 aliphatic rings. The first-order chi connectivity index (χ1) is 5.52. The Morgan fingerprint density at radius 3 is 1.67 bits per heavy atom. The summed E-state index contributed by atoms with van der Waals surface area (Å²) in [6, 6.07) is 0. The summed E-state index contributed by atoms with van der Waals surface area (Å²) < 4.78 is 0. The first-order valence-corrected chi connectivity index (χ1v) is 3.68. The van der Waals surface area contributed by atoms with Crippen molar-refractivity contribution in [2.24, 2.45) is 0 Å². The summed E-state index contributed by atoms with van der Waals surface area (Å²) in [4.78, 5) is 20.9. The number of nitrogens with one attached hydrogen (secondary N) is 2. The molecule has 0 radical (unpaired) electrons. The highest BCUT2D eigenvalue weighted by atomic mass is 16.2. The average molecular weight is 170 g/mol. The molecule has 0 rings (SSSR count). The van der Waals surface area contributed by atoms with E-state index < -0.39 is 0 Å². The molecule has 4 nitrogen and oxygen atoms in total. The highest BCUT2D eigenvalue weighted by Crippen LogP contribution is 1.83. The predicted octanol–water partition coefficient (Wildman–Crippen LogP) is -0.185. The third-order valence-electron chi connectivity index (χ3n) is 1.17. The molecule has 0 aromatic carbocycles. The summed E-state index contributed by atoms with van der Waals surface area (Å²) in [6.45, 7) is 7.37. The van der Waals surface area contributed by atoms with E-state index in [0.29, 0.717) is 13.1 Å². The van der Waals surface area contributed by atoms with Gasteiger partial charge in [-0.1, -0.05) is 6.58 Å². The zero-order valence-electron chi connectivity index (χ0n) is 7.44. The van der Waals surface area contributed by atoms with E-state index in [1.54, 1.807) is 0 Å². The van der Waals surface area contributed by atoms with Gasteiger partial charge in [-0.2, -0.15) is 0 Å². The summed E-state index contributed by atoms with van der Waals surface area (Å²) in [5.74, 6) is -0.196. The number of hydrogen-bond acceptors (Lipinski definition) is 2. The van der Waals surface area contributed by atoms with Crippen molar-refractivity contribution < 1.29 is 9.59 Å². The fraction of sp³-hybridized carbons (Fsp3) is 0.500. The van der Waals surface area contributed by atoms with Gasteiger partial charge in [-0.05, 0) is 5.57 Å². The highest BCUT2D eigenvalue weighted by Gasteiger charge is 1.96. The maximum absolute atomic E-state index is 10.4. The number of hydrogen-bond donors (Lipinski definition) is 2. The predicted molar refractivity (Wildman–Crippen MR) is 46.5 cm³/mol. The second-order valence-electron chi connectivity index (χ2n) is 2.57. The van der Waals surface area contributed by atoms with Crippen LogP contribution in [0.2, 0.25) is 0 Å². The second kappa shape index (κ2) is 5.35. The van der Waals surface area contributed by atoms with E-state index in [1.807, 2.05) is 0 Å².